The average molecular weight is 868 g/mol. The summed E-state index contributed by atoms with van der Waals surface area (Å²) in [6.45, 7) is 8.34. The maximum atomic E-state index is 15.5. The fourth-order valence-corrected chi connectivity index (χ4v) is 10.4. The molecule has 2 saturated carbocycles. The average Bonchev–Trinajstić information content (AvgIpc) is 3.64. The normalized spacial score (nSPS) is 31.7. The van der Waals surface area contributed by atoms with Crippen molar-refractivity contribution in [2.75, 3.05) is 6.61 Å². The monoisotopic (exact) mass is 867 g/mol. The number of fused-ring (bicyclic) bond motifs is 5. The second-order valence-electron chi connectivity index (χ2n) is 17.7. The second kappa shape index (κ2) is 17.4. The molecule has 7 rings (SSSR count). The van der Waals surface area contributed by atoms with E-state index < -0.39 is 119 Å². The molecule has 15 nitrogen and oxygen atoms in total. The molecular formula is C48H53NO14. The van der Waals surface area contributed by atoms with Crippen molar-refractivity contribution in [2.45, 2.75) is 109 Å². The summed E-state index contributed by atoms with van der Waals surface area (Å²) in [5, 5.41) is 40.4. The topological polar surface area (TPSA) is 221 Å². The van der Waals surface area contributed by atoms with E-state index in [0.29, 0.717) is 5.56 Å². The Morgan fingerprint density at radius 2 is 1.38 bits per heavy atom. The number of hydrogen-bond donors (Lipinski definition) is 4. The molecule has 1 saturated heterocycles. The number of esters is 4. The number of aliphatic hydroxyl groups is 3. The van der Waals surface area contributed by atoms with Gasteiger partial charge in [0.05, 0.1) is 35.8 Å². The van der Waals surface area contributed by atoms with Gasteiger partial charge in [-0.15, -0.1) is 0 Å². The molecule has 334 valence electrons. The summed E-state index contributed by atoms with van der Waals surface area (Å²) < 4.78 is 30.3. The third-order valence-electron chi connectivity index (χ3n) is 13.7. The van der Waals surface area contributed by atoms with Crippen molar-refractivity contribution < 1.29 is 67.8 Å². The Balaban J connectivity index is 1.38. The highest BCUT2D eigenvalue weighted by Crippen LogP contribution is 2.62. The molecule has 0 radical (unpaired) electrons. The molecule has 3 aromatic rings. The van der Waals surface area contributed by atoms with Crippen LogP contribution in [0, 0.1) is 22.7 Å². The van der Waals surface area contributed by atoms with E-state index in [1.807, 2.05) is 0 Å². The summed E-state index contributed by atoms with van der Waals surface area (Å²) in [5.74, 6) is -7.38. The van der Waals surface area contributed by atoms with Crippen molar-refractivity contribution in [3.63, 3.8) is 0 Å². The number of ketones is 1. The Morgan fingerprint density at radius 1 is 0.810 bits per heavy atom. The van der Waals surface area contributed by atoms with Crippen molar-refractivity contribution >= 4 is 35.6 Å². The molecule has 0 aromatic heterocycles. The van der Waals surface area contributed by atoms with Gasteiger partial charge in [-0.1, -0.05) is 80.6 Å². The number of ether oxygens (including phenoxy) is 5. The van der Waals surface area contributed by atoms with Crippen LogP contribution in [0.1, 0.15) is 86.7 Å². The molecule has 3 aromatic carbocycles. The molecule has 12 unspecified atom stereocenters. The van der Waals surface area contributed by atoms with Gasteiger partial charge in [-0.25, -0.2) is 9.59 Å². The maximum Gasteiger partial charge on any atom is 0.338 e. The zero-order valence-corrected chi connectivity index (χ0v) is 35.9. The standard InChI is InChI=1S/C48H53NO14/c1-25-32(62-45(57)39(53)38(28-16-10-7-11-17-28)49-43(55)29-18-12-8-13-19-29)23-48(58)42(63-44(56)30-20-14-9-15-21-30)37-35-31(59-24-33(35)60-26(2)50)22-34(52)47(37,6)41(54)40(61-27(3)51)36(25)46(48,4)5/h7-21,31-35,37-40,42,52-53,58H,22-24H2,1-6H3,(H,49,55). The van der Waals surface area contributed by atoms with Gasteiger partial charge in [-0.05, 0) is 54.8 Å². The van der Waals surface area contributed by atoms with Crippen LogP contribution in [0.4, 0.5) is 0 Å². The minimum atomic E-state index is -2.33. The van der Waals surface area contributed by atoms with E-state index in [-0.39, 0.29) is 35.3 Å². The van der Waals surface area contributed by atoms with Gasteiger partial charge in [0.15, 0.2) is 18.0 Å². The molecular weight excluding hydrogens is 815 g/mol. The van der Waals surface area contributed by atoms with Gasteiger partial charge in [0.2, 0.25) is 0 Å². The van der Waals surface area contributed by atoms with Gasteiger partial charge in [0.25, 0.3) is 5.91 Å². The second-order valence-corrected chi connectivity index (χ2v) is 17.7. The summed E-state index contributed by atoms with van der Waals surface area (Å²) in [7, 11) is 0. The quantitative estimate of drug-likeness (QED) is 0.129. The first-order chi connectivity index (χ1) is 29.8. The lowest BCUT2D eigenvalue weighted by Crippen LogP contribution is -2.73. The molecule has 1 heterocycles. The molecule has 2 bridgehead atoms. The largest absolute Gasteiger partial charge is 0.460 e. The first-order valence-electron chi connectivity index (χ1n) is 21.0. The predicted octanol–water partition coefficient (Wildman–Crippen LogP) is 3.98. The molecule has 15 heteroatoms. The lowest BCUT2D eigenvalue weighted by molar-refractivity contribution is -0.241. The van der Waals surface area contributed by atoms with Gasteiger partial charge in [0, 0.05) is 49.5 Å². The number of nitrogens with one attached hydrogen (secondary N) is 1. The molecule has 12 atom stereocenters. The van der Waals surface area contributed by atoms with E-state index >= 15 is 4.79 Å². The van der Waals surface area contributed by atoms with Crippen LogP contribution in [-0.4, -0.2) is 106 Å². The number of hydrogen-bond acceptors (Lipinski definition) is 14. The maximum absolute atomic E-state index is 15.5. The summed E-state index contributed by atoms with van der Waals surface area (Å²) in [6.07, 6.45) is -11.0. The fourth-order valence-electron chi connectivity index (χ4n) is 10.4. The van der Waals surface area contributed by atoms with Gasteiger partial charge < -0.3 is 44.3 Å². The number of aliphatic hydroxyl groups excluding tert-OH is 2. The number of benzene rings is 3. The van der Waals surface area contributed by atoms with Crippen molar-refractivity contribution in [1.82, 2.24) is 5.32 Å². The summed E-state index contributed by atoms with van der Waals surface area (Å²) >= 11 is 0. The van der Waals surface area contributed by atoms with Crippen LogP contribution in [0.5, 0.6) is 0 Å². The first-order valence-corrected chi connectivity index (χ1v) is 21.0. The lowest BCUT2D eigenvalue weighted by atomic mass is 9.46. The number of carbonyl (C=O) groups is 6. The van der Waals surface area contributed by atoms with Crippen LogP contribution < -0.4 is 5.32 Å². The van der Waals surface area contributed by atoms with Crippen LogP contribution in [0.2, 0.25) is 0 Å². The Bertz CT molecular complexity index is 2280. The Labute approximate surface area is 364 Å². The van der Waals surface area contributed by atoms with Crippen LogP contribution in [-0.2, 0) is 42.9 Å². The van der Waals surface area contributed by atoms with E-state index in [9.17, 15) is 39.3 Å². The van der Waals surface area contributed by atoms with Gasteiger partial charge >= 0.3 is 23.9 Å². The van der Waals surface area contributed by atoms with E-state index in [1.165, 1.54) is 32.9 Å². The van der Waals surface area contributed by atoms with Crippen LogP contribution in [0.3, 0.4) is 0 Å². The summed E-state index contributed by atoms with van der Waals surface area (Å²) in [4.78, 5) is 83.2. The smallest absolute Gasteiger partial charge is 0.338 e. The van der Waals surface area contributed by atoms with Crippen molar-refractivity contribution in [2.24, 2.45) is 22.7 Å². The highest BCUT2D eigenvalue weighted by Gasteiger charge is 2.73. The van der Waals surface area contributed by atoms with E-state index in [0.717, 1.165) is 6.92 Å². The Morgan fingerprint density at radius 3 is 1.97 bits per heavy atom. The lowest BCUT2D eigenvalue weighted by Gasteiger charge is -2.62. The highest BCUT2D eigenvalue weighted by molar-refractivity contribution is 5.96. The van der Waals surface area contributed by atoms with E-state index in [4.69, 9.17) is 23.7 Å². The zero-order valence-electron chi connectivity index (χ0n) is 35.9. The summed E-state index contributed by atoms with van der Waals surface area (Å²) in [5.41, 5.74) is -4.99. The van der Waals surface area contributed by atoms with E-state index in [2.05, 4.69) is 5.32 Å². The van der Waals surface area contributed by atoms with Crippen LogP contribution >= 0.6 is 0 Å². The van der Waals surface area contributed by atoms with Crippen LogP contribution in [0.25, 0.3) is 0 Å². The third-order valence-corrected chi connectivity index (χ3v) is 13.7. The molecule has 63 heavy (non-hydrogen) atoms. The number of rotatable bonds is 10. The van der Waals surface area contributed by atoms with Crippen molar-refractivity contribution in [3.8, 4) is 0 Å². The minimum Gasteiger partial charge on any atom is -0.460 e. The fraction of sp³-hybridized carbons (Fsp3) is 0.458. The SMILES string of the molecule is CC(=O)OC1C(=O)C2(C)C(O)CC3OCC(OC(C)=O)C3C2C(OC(=O)c2ccccc2)C2(O)CC(OC(=O)C(O)C(NC(=O)c3ccccc3)c3ccccc3)C(C)=C1C2(C)C. The van der Waals surface area contributed by atoms with Crippen molar-refractivity contribution in [3.05, 3.63) is 119 Å². The first kappa shape index (κ1) is 45.3. The molecule has 4 aliphatic rings. The van der Waals surface area contributed by atoms with Gasteiger partial charge in [-0.3, -0.25) is 19.2 Å². The minimum absolute atomic E-state index is 0.0229. The van der Waals surface area contributed by atoms with E-state index in [1.54, 1.807) is 92.7 Å². The molecule has 3 fully saturated rings. The molecule has 0 spiro atoms. The number of Topliss-reactive ketones (excluding diaryl/α,β-unsaturated/α-hetero) is 1. The van der Waals surface area contributed by atoms with Gasteiger partial charge in [0.1, 0.15) is 23.9 Å². The molecule has 1 aliphatic heterocycles. The van der Waals surface area contributed by atoms with Crippen molar-refractivity contribution in [1.29, 1.82) is 0 Å². The Kier molecular flexibility index (Phi) is 12.5. The highest BCUT2D eigenvalue weighted by atomic mass is 16.6. The Hall–Kier alpha value is -5.74. The molecule has 3 aliphatic carbocycles. The number of amides is 1. The van der Waals surface area contributed by atoms with Crippen LogP contribution in [0.15, 0.2) is 102 Å². The summed E-state index contributed by atoms with van der Waals surface area (Å²) in [6, 6.07) is 23.1. The third kappa shape index (κ3) is 8.07. The molecule has 1 amide bonds. The molecule has 4 N–H and O–H groups in total. The van der Waals surface area contributed by atoms with Gasteiger partial charge in [-0.2, -0.15) is 0 Å². The predicted molar refractivity (Wildman–Crippen MR) is 222 cm³/mol. The zero-order chi connectivity index (χ0) is 45.6. The number of carbonyl (C=O) groups excluding carboxylic acids is 6.